The molecule has 1 heterocycles. The quantitative estimate of drug-likeness (QED) is 0.687. The van der Waals surface area contributed by atoms with E-state index in [4.69, 9.17) is 31.5 Å². The van der Waals surface area contributed by atoms with E-state index in [-0.39, 0.29) is 22.4 Å². The number of likely N-dealkylation sites (tertiary alicyclic amines) is 1. The highest BCUT2D eigenvalue weighted by Crippen LogP contribution is 2.37. The summed E-state index contributed by atoms with van der Waals surface area (Å²) in [6, 6.07) is 2.16. The van der Waals surface area contributed by atoms with Crippen molar-refractivity contribution in [1.29, 1.82) is 0 Å². The summed E-state index contributed by atoms with van der Waals surface area (Å²) in [5.74, 6) is -1.16. The average molecular weight is 413 g/mol. The van der Waals surface area contributed by atoms with E-state index in [0.717, 1.165) is 12.8 Å². The Morgan fingerprint density at radius 3 is 2.61 bits per heavy atom. The predicted octanol–water partition coefficient (Wildman–Crippen LogP) is 2.16. The minimum atomic E-state index is -0.739. The first kappa shape index (κ1) is 21.8. The maximum absolute atomic E-state index is 12.4. The molecule has 1 atom stereocenters. The van der Waals surface area contributed by atoms with E-state index in [1.165, 1.54) is 24.1 Å². The Bertz CT molecular complexity index is 752. The zero-order valence-electron chi connectivity index (χ0n) is 16.2. The van der Waals surface area contributed by atoms with Gasteiger partial charge in [-0.15, -0.1) is 0 Å². The third-order valence-electron chi connectivity index (χ3n) is 4.30. The van der Waals surface area contributed by atoms with Crippen molar-refractivity contribution >= 4 is 29.4 Å². The molecule has 2 rings (SSSR count). The summed E-state index contributed by atoms with van der Waals surface area (Å²) in [6.07, 6.45) is 1.97. The zero-order chi connectivity index (χ0) is 20.8. The highest BCUT2D eigenvalue weighted by Gasteiger charge is 2.31. The summed E-state index contributed by atoms with van der Waals surface area (Å²) < 4.78 is 15.9. The van der Waals surface area contributed by atoms with Gasteiger partial charge in [0, 0.05) is 6.54 Å². The molecule has 1 saturated heterocycles. The van der Waals surface area contributed by atoms with Gasteiger partial charge in [0.2, 0.25) is 5.91 Å². The molecule has 154 valence electrons. The number of nitrogens with zero attached hydrogens (tertiary/aromatic N) is 1. The molecule has 0 saturated carbocycles. The number of halogens is 1. The lowest BCUT2D eigenvalue weighted by molar-refractivity contribution is -0.143. The van der Waals surface area contributed by atoms with Gasteiger partial charge in [-0.3, -0.25) is 9.59 Å². The number of methoxy groups -OCH3 is 1. The Hall–Kier alpha value is -2.48. The van der Waals surface area contributed by atoms with Gasteiger partial charge in [-0.05, 0) is 45.2 Å². The molecular weight excluding hydrogens is 388 g/mol. The van der Waals surface area contributed by atoms with Gasteiger partial charge in [0.1, 0.15) is 6.04 Å². The van der Waals surface area contributed by atoms with Crippen LogP contribution in [0, 0.1) is 0 Å². The number of carbonyl (C=O) groups excluding carboxylic acids is 3. The first-order valence-corrected chi connectivity index (χ1v) is 9.42. The third kappa shape index (κ3) is 5.28. The number of piperidine rings is 1. The number of ether oxygens (including phenoxy) is 3. The van der Waals surface area contributed by atoms with Crippen LogP contribution in [0.5, 0.6) is 11.5 Å². The van der Waals surface area contributed by atoms with Gasteiger partial charge < -0.3 is 24.8 Å². The standard InChI is InChI=1S/C19H25ClN2O6/c1-11(2)28-17-13(20)8-12(9-15(17)26-3)19(25)27-10-16(23)22-7-5-4-6-14(22)18(21)24/h8-9,11,14H,4-7,10H2,1-3H3,(H2,21,24)/t14-/m0/s1. The Morgan fingerprint density at radius 2 is 2.00 bits per heavy atom. The minimum absolute atomic E-state index is 0.121. The van der Waals surface area contributed by atoms with Crippen LogP contribution >= 0.6 is 11.6 Å². The van der Waals surface area contributed by atoms with E-state index < -0.39 is 30.4 Å². The van der Waals surface area contributed by atoms with Crippen molar-refractivity contribution in [3.05, 3.63) is 22.7 Å². The molecule has 0 spiro atoms. The monoisotopic (exact) mass is 412 g/mol. The molecule has 1 aliphatic heterocycles. The lowest BCUT2D eigenvalue weighted by atomic mass is 10.0. The molecule has 0 radical (unpaired) electrons. The average Bonchev–Trinajstić information content (AvgIpc) is 2.66. The largest absolute Gasteiger partial charge is 0.493 e. The van der Waals surface area contributed by atoms with E-state index in [9.17, 15) is 14.4 Å². The van der Waals surface area contributed by atoms with E-state index >= 15 is 0 Å². The van der Waals surface area contributed by atoms with Gasteiger partial charge in [-0.2, -0.15) is 0 Å². The van der Waals surface area contributed by atoms with Crippen LogP contribution in [0.25, 0.3) is 0 Å². The van der Waals surface area contributed by atoms with Crippen molar-refractivity contribution in [1.82, 2.24) is 4.90 Å². The van der Waals surface area contributed by atoms with Crippen molar-refractivity contribution in [3.8, 4) is 11.5 Å². The Labute approximate surface area is 168 Å². The highest BCUT2D eigenvalue weighted by atomic mass is 35.5. The summed E-state index contributed by atoms with van der Waals surface area (Å²) in [4.78, 5) is 37.6. The number of hydrogen-bond acceptors (Lipinski definition) is 6. The Kier molecular flexibility index (Phi) is 7.51. The summed E-state index contributed by atoms with van der Waals surface area (Å²) in [5.41, 5.74) is 5.48. The second-order valence-corrected chi connectivity index (χ2v) is 7.14. The molecule has 2 amide bonds. The Balaban J connectivity index is 2.07. The van der Waals surface area contributed by atoms with Gasteiger partial charge in [-0.25, -0.2) is 4.79 Å². The van der Waals surface area contributed by atoms with Crippen LogP contribution in [-0.4, -0.2) is 55.1 Å². The molecule has 1 aliphatic rings. The van der Waals surface area contributed by atoms with Crippen molar-refractivity contribution < 1.29 is 28.6 Å². The van der Waals surface area contributed by atoms with Crippen molar-refractivity contribution in [3.63, 3.8) is 0 Å². The number of rotatable bonds is 7. The molecule has 0 unspecified atom stereocenters. The Morgan fingerprint density at radius 1 is 1.29 bits per heavy atom. The SMILES string of the molecule is COc1cc(C(=O)OCC(=O)N2CCCC[C@H]2C(N)=O)cc(Cl)c1OC(C)C. The summed E-state index contributed by atoms with van der Waals surface area (Å²) in [7, 11) is 1.43. The molecule has 0 aliphatic carbocycles. The van der Waals surface area contributed by atoms with Crippen LogP contribution in [-0.2, 0) is 14.3 Å². The van der Waals surface area contributed by atoms with Crippen molar-refractivity contribution in [2.45, 2.75) is 45.3 Å². The molecular formula is C19H25ClN2O6. The van der Waals surface area contributed by atoms with Crippen molar-refractivity contribution in [2.75, 3.05) is 20.3 Å². The van der Waals surface area contributed by atoms with Gasteiger partial charge in [0.05, 0.1) is 23.8 Å². The zero-order valence-corrected chi connectivity index (χ0v) is 17.0. The van der Waals surface area contributed by atoms with Crippen LogP contribution in [0.4, 0.5) is 0 Å². The molecule has 9 heteroatoms. The van der Waals surface area contributed by atoms with Gasteiger partial charge in [0.25, 0.3) is 5.91 Å². The number of primary amides is 1. The maximum Gasteiger partial charge on any atom is 0.338 e. The number of hydrogen-bond donors (Lipinski definition) is 1. The van der Waals surface area contributed by atoms with Crippen LogP contribution in [0.1, 0.15) is 43.5 Å². The number of carbonyl (C=O) groups is 3. The fraction of sp³-hybridized carbons (Fsp3) is 0.526. The minimum Gasteiger partial charge on any atom is -0.493 e. The van der Waals surface area contributed by atoms with Crippen LogP contribution < -0.4 is 15.2 Å². The van der Waals surface area contributed by atoms with E-state index in [0.29, 0.717) is 18.7 Å². The molecule has 1 fully saturated rings. The van der Waals surface area contributed by atoms with Gasteiger partial charge in [-0.1, -0.05) is 11.6 Å². The number of nitrogens with two attached hydrogens (primary N) is 1. The van der Waals surface area contributed by atoms with E-state index in [1.54, 1.807) is 0 Å². The number of amides is 2. The highest BCUT2D eigenvalue weighted by molar-refractivity contribution is 6.32. The first-order valence-electron chi connectivity index (χ1n) is 9.04. The van der Waals surface area contributed by atoms with E-state index in [1.807, 2.05) is 13.8 Å². The molecule has 2 N–H and O–H groups in total. The number of esters is 1. The number of benzene rings is 1. The maximum atomic E-state index is 12.4. The molecule has 28 heavy (non-hydrogen) atoms. The lowest BCUT2D eigenvalue weighted by Gasteiger charge is -2.33. The molecule has 0 aromatic heterocycles. The summed E-state index contributed by atoms with van der Waals surface area (Å²) >= 11 is 6.20. The van der Waals surface area contributed by atoms with Crippen LogP contribution in [0.3, 0.4) is 0 Å². The molecule has 1 aromatic carbocycles. The molecule has 1 aromatic rings. The summed E-state index contributed by atoms with van der Waals surface area (Å²) in [6.45, 7) is 3.59. The third-order valence-corrected chi connectivity index (χ3v) is 4.58. The smallest absolute Gasteiger partial charge is 0.338 e. The lowest BCUT2D eigenvalue weighted by Crippen LogP contribution is -2.51. The van der Waals surface area contributed by atoms with E-state index in [2.05, 4.69) is 0 Å². The topological polar surface area (TPSA) is 108 Å². The van der Waals surface area contributed by atoms with Crippen molar-refractivity contribution in [2.24, 2.45) is 5.73 Å². The molecule has 0 bridgehead atoms. The first-order chi connectivity index (χ1) is 13.2. The normalized spacial score (nSPS) is 16.6. The molecule has 8 nitrogen and oxygen atoms in total. The van der Waals surface area contributed by atoms with Gasteiger partial charge >= 0.3 is 5.97 Å². The second kappa shape index (κ2) is 9.64. The second-order valence-electron chi connectivity index (χ2n) is 6.73. The van der Waals surface area contributed by atoms with Gasteiger partial charge in [0.15, 0.2) is 18.1 Å². The van der Waals surface area contributed by atoms with Crippen LogP contribution in [0.15, 0.2) is 12.1 Å². The fourth-order valence-corrected chi connectivity index (χ4v) is 3.26. The predicted molar refractivity (Wildman–Crippen MR) is 103 cm³/mol. The fourth-order valence-electron chi connectivity index (χ4n) is 3.01. The van der Waals surface area contributed by atoms with Crippen LogP contribution in [0.2, 0.25) is 5.02 Å². The summed E-state index contributed by atoms with van der Waals surface area (Å²) in [5, 5.41) is 0.191.